The number of benzene rings is 1. The maximum atomic E-state index is 13.0. The number of unbranched alkanes of at least 4 members (excludes halogenated alkanes) is 1. The number of carbonyl (C=O) groups excluding carboxylic acids is 2. The molecule has 5 N–H and O–H groups in total. The smallest absolute Gasteiger partial charge is 0.255 e. The minimum Gasteiger partial charge on any atom is -0.493 e. The summed E-state index contributed by atoms with van der Waals surface area (Å²) < 4.78 is 10.9. The number of carbonyl (C=O) groups is 2. The van der Waals surface area contributed by atoms with Crippen LogP contribution in [0.1, 0.15) is 82.5 Å². The standard InChI is InChI=1S/C29H49N3O5/c1-21(2)22(18-24(30)25(33)20-32-28(35)29(3)14-8-5-9-15-29)19-31-27(34)23-12-6-7-13-26(23)37-17-11-10-16-36-4/h6-7,12-13,21-22,24-25,33H,5,8-11,14-20,30H2,1-4H3,(H,31,34)(H,32,35). The number of ether oxygens (including phenoxy) is 2. The van der Waals surface area contributed by atoms with Crippen molar-refractivity contribution >= 4 is 11.8 Å². The van der Waals surface area contributed by atoms with Crippen LogP contribution < -0.4 is 21.1 Å². The van der Waals surface area contributed by atoms with E-state index in [1.165, 1.54) is 6.42 Å². The number of aliphatic hydroxyl groups is 1. The summed E-state index contributed by atoms with van der Waals surface area (Å²) in [4.78, 5) is 25.7. The van der Waals surface area contributed by atoms with Gasteiger partial charge >= 0.3 is 0 Å². The van der Waals surface area contributed by atoms with Gasteiger partial charge in [0.05, 0.1) is 18.3 Å². The van der Waals surface area contributed by atoms with Crippen molar-refractivity contribution in [2.24, 2.45) is 23.0 Å². The molecule has 1 aromatic carbocycles. The summed E-state index contributed by atoms with van der Waals surface area (Å²) in [6.45, 7) is 7.95. The van der Waals surface area contributed by atoms with E-state index in [0.29, 0.717) is 37.5 Å². The Balaban J connectivity index is 1.84. The number of hydrogen-bond donors (Lipinski definition) is 4. The SMILES string of the molecule is COCCCCOc1ccccc1C(=O)NCC(CC(N)C(O)CNC(=O)C1(C)CCCCC1)C(C)C. The molecule has 0 saturated heterocycles. The maximum absolute atomic E-state index is 13.0. The van der Waals surface area contributed by atoms with Crippen molar-refractivity contribution in [3.8, 4) is 5.75 Å². The molecule has 1 aliphatic rings. The molecule has 1 aliphatic carbocycles. The van der Waals surface area contributed by atoms with Gasteiger partial charge in [0.25, 0.3) is 5.91 Å². The average molecular weight is 520 g/mol. The van der Waals surface area contributed by atoms with Crippen molar-refractivity contribution in [2.75, 3.05) is 33.4 Å². The lowest BCUT2D eigenvalue weighted by atomic mass is 9.75. The molecule has 1 aromatic rings. The normalized spacial score (nSPS) is 17.6. The topological polar surface area (TPSA) is 123 Å². The molecule has 3 atom stereocenters. The molecule has 2 amide bonds. The van der Waals surface area contributed by atoms with Crippen molar-refractivity contribution in [1.29, 1.82) is 0 Å². The first-order valence-corrected chi connectivity index (χ1v) is 13.9. The van der Waals surface area contributed by atoms with Crippen LogP contribution in [-0.4, -0.2) is 62.5 Å². The Kier molecular flexibility index (Phi) is 13.4. The predicted molar refractivity (Wildman–Crippen MR) is 147 cm³/mol. The lowest BCUT2D eigenvalue weighted by Crippen LogP contribution is -2.49. The zero-order chi connectivity index (χ0) is 27.3. The lowest BCUT2D eigenvalue weighted by molar-refractivity contribution is -0.132. The van der Waals surface area contributed by atoms with Crippen molar-refractivity contribution < 1.29 is 24.2 Å². The number of rotatable bonds is 16. The summed E-state index contributed by atoms with van der Waals surface area (Å²) >= 11 is 0. The highest BCUT2D eigenvalue weighted by Crippen LogP contribution is 2.35. The molecule has 0 spiro atoms. The largest absolute Gasteiger partial charge is 0.493 e. The van der Waals surface area contributed by atoms with Crippen LogP contribution in [0.3, 0.4) is 0 Å². The van der Waals surface area contributed by atoms with E-state index < -0.39 is 12.1 Å². The van der Waals surface area contributed by atoms with Crippen LogP contribution in [0.4, 0.5) is 0 Å². The summed E-state index contributed by atoms with van der Waals surface area (Å²) in [5, 5.41) is 16.6. The van der Waals surface area contributed by atoms with E-state index >= 15 is 0 Å². The Morgan fingerprint density at radius 1 is 1.05 bits per heavy atom. The van der Waals surface area contributed by atoms with Gasteiger partial charge in [-0.05, 0) is 56.1 Å². The highest BCUT2D eigenvalue weighted by Gasteiger charge is 2.35. The average Bonchev–Trinajstić information content (AvgIpc) is 2.89. The van der Waals surface area contributed by atoms with Crippen molar-refractivity contribution in [1.82, 2.24) is 10.6 Å². The number of aliphatic hydroxyl groups excluding tert-OH is 1. The Labute approximate surface area is 223 Å². The van der Waals surface area contributed by atoms with Crippen LogP contribution >= 0.6 is 0 Å². The number of para-hydroxylation sites is 1. The van der Waals surface area contributed by atoms with E-state index in [2.05, 4.69) is 24.5 Å². The van der Waals surface area contributed by atoms with Gasteiger partial charge in [0, 0.05) is 38.3 Å². The van der Waals surface area contributed by atoms with Gasteiger partial charge < -0.3 is 30.9 Å². The van der Waals surface area contributed by atoms with Gasteiger partial charge in [-0.2, -0.15) is 0 Å². The molecule has 8 heteroatoms. The van der Waals surface area contributed by atoms with E-state index in [1.807, 2.05) is 19.1 Å². The molecule has 0 aliphatic heterocycles. The molecule has 1 saturated carbocycles. The summed E-state index contributed by atoms with van der Waals surface area (Å²) in [5.74, 6) is 0.697. The molecule has 0 heterocycles. The zero-order valence-electron chi connectivity index (χ0n) is 23.3. The first-order valence-electron chi connectivity index (χ1n) is 13.9. The summed E-state index contributed by atoms with van der Waals surface area (Å²) in [5.41, 5.74) is 6.49. The fraction of sp³-hybridized carbons (Fsp3) is 0.724. The van der Waals surface area contributed by atoms with E-state index in [0.717, 1.165) is 38.5 Å². The molecule has 2 rings (SSSR count). The van der Waals surface area contributed by atoms with Gasteiger partial charge in [0.1, 0.15) is 5.75 Å². The van der Waals surface area contributed by atoms with E-state index in [-0.39, 0.29) is 35.6 Å². The van der Waals surface area contributed by atoms with Gasteiger partial charge in [0.15, 0.2) is 0 Å². The van der Waals surface area contributed by atoms with Gasteiger partial charge in [-0.3, -0.25) is 9.59 Å². The van der Waals surface area contributed by atoms with Crippen LogP contribution in [0.5, 0.6) is 5.75 Å². The lowest BCUT2D eigenvalue weighted by Gasteiger charge is -2.33. The number of methoxy groups -OCH3 is 1. The summed E-state index contributed by atoms with van der Waals surface area (Å²) in [7, 11) is 1.68. The van der Waals surface area contributed by atoms with Crippen LogP contribution in [-0.2, 0) is 9.53 Å². The maximum Gasteiger partial charge on any atom is 0.255 e. The van der Waals surface area contributed by atoms with E-state index in [4.69, 9.17) is 15.2 Å². The second kappa shape index (κ2) is 15.9. The molecule has 8 nitrogen and oxygen atoms in total. The van der Waals surface area contributed by atoms with Gasteiger partial charge in [0.2, 0.25) is 5.91 Å². The molecule has 0 radical (unpaired) electrons. The third-order valence-corrected chi connectivity index (χ3v) is 7.65. The molecule has 1 fully saturated rings. The Bertz CT molecular complexity index is 826. The molecule has 0 aromatic heterocycles. The van der Waals surface area contributed by atoms with Crippen molar-refractivity contribution in [3.63, 3.8) is 0 Å². The molecule has 37 heavy (non-hydrogen) atoms. The second-order valence-corrected chi connectivity index (χ2v) is 11.1. The van der Waals surface area contributed by atoms with Crippen LogP contribution in [0.25, 0.3) is 0 Å². The molecular weight excluding hydrogens is 470 g/mol. The number of nitrogens with two attached hydrogens (primary N) is 1. The number of nitrogens with one attached hydrogen (secondary N) is 2. The van der Waals surface area contributed by atoms with E-state index in [9.17, 15) is 14.7 Å². The van der Waals surface area contributed by atoms with Gasteiger partial charge in [-0.25, -0.2) is 0 Å². The minimum atomic E-state index is -0.847. The third-order valence-electron chi connectivity index (χ3n) is 7.65. The molecule has 3 unspecified atom stereocenters. The highest BCUT2D eigenvalue weighted by molar-refractivity contribution is 5.96. The quantitative estimate of drug-likeness (QED) is 0.247. The second-order valence-electron chi connectivity index (χ2n) is 11.1. The van der Waals surface area contributed by atoms with Gasteiger partial charge in [-0.1, -0.05) is 52.2 Å². The van der Waals surface area contributed by atoms with Crippen molar-refractivity contribution in [2.45, 2.75) is 84.3 Å². The number of hydrogen-bond acceptors (Lipinski definition) is 6. The Morgan fingerprint density at radius 2 is 1.73 bits per heavy atom. The summed E-state index contributed by atoms with van der Waals surface area (Å²) in [6.07, 6.45) is 6.52. The zero-order valence-corrected chi connectivity index (χ0v) is 23.3. The molecule has 0 bridgehead atoms. The third kappa shape index (κ3) is 10.3. The van der Waals surface area contributed by atoms with Crippen LogP contribution in [0.15, 0.2) is 24.3 Å². The Morgan fingerprint density at radius 3 is 2.41 bits per heavy atom. The fourth-order valence-corrected chi connectivity index (χ4v) is 4.85. The number of amides is 2. The monoisotopic (exact) mass is 519 g/mol. The predicted octanol–water partition coefficient (Wildman–Crippen LogP) is 3.66. The molecule has 210 valence electrons. The highest BCUT2D eigenvalue weighted by atomic mass is 16.5. The van der Waals surface area contributed by atoms with Crippen LogP contribution in [0.2, 0.25) is 0 Å². The molecular formula is C29H49N3O5. The summed E-state index contributed by atoms with van der Waals surface area (Å²) in [6, 6.07) is 6.73. The first-order chi connectivity index (χ1) is 17.7. The van der Waals surface area contributed by atoms with Crippen molar-refractivity contribution in [3.05, 3.63) is 29.8 Å². The minimum absolute atomic E-state index is 0.00528. The van der Waals surface area contributed by atoms with Gasteiger partial charge in [-0.15, -0.1) is 0 Å². The fourth-order valence-electron chi connectivity index (χ4n) is 4.85. The first kappa shape index (κ1) is 31.1. The Hall–Kier alpha value is -2.16. The van der Waals surface area contributed by atoms with Crippen LogP contribution in [0, 0.1) is 17.3 Å². The van der Waals surface area contributed by atoms with E-state index in [1.54, 1.807) is 19.2 Å².